The lowest BCUT2D eigenvalue weighted by Crippen LogP contribution is -2.47. The maximum Gasteiger partial charge on any atom is 0.321 e. The first-order valence-corrected chi connectivity index (χ1v) is 4.34. The summed E-state index contributed by atoms with van der Waals surface area (Å²) in [6, 6.07) is 0.834. The van der Waals surface area contributed by atoms with E-state index in [2.05, 4.69) is 5.10 Å². The predicted octanol–water partition coefficient (Wildman–Crippen LogP) is 0.110. The van der Waals surface area contributed by atoms with E-state index in [0.29, 0.717) is 5.69 Å². The summed E-state index contributed by atoms with van der Waals surface area (Å²) in [5.74, 6) is -1.01. The van der Waals surface area contributed by atoms with E-state index in [4.69, 9.17) is 10.8 Å². The number of carboxylic acids is 1. The summed E-state index contributed by atoms with van der Waals surface area (Å²) in [7, 11) is 1.78. The van der Waals surface area contributed by atoms with E-state index in [0.717, 1.165) is 0 Å². The summed E-state index contributed by atoms with van der Waals surface area (Å²) < 4.78 is 1.63. The zero-order chi connectivity index (χ0) is 10.9. The van der Waals surface area contributed by atoms with Crippen molar-refractivity contribution >= 4 is 5.97 Å². The van der Waals surface area contributed by atoms with Crippen LogP contribution in [0, 0.1) is 0 Å². The summed E-state index contributed by atoms with van der Waals surface area (Å²) in [6.07, 6.45) is 1.77. The van der Waals surface area contributed by atoms with E-state index in [-0.39, 0.29) is 0 Å². The second-order valence-corrected chi connectivity index (χ2v) is 3.91. The first kappa shape index (κ1) is 10.7. The minimum Gasteiger partial charge on any atom is -0.480 e. The van der Waals surface area contributed by atoms with Crippen molar-refractivity contribution in [3.63, 3.8) is 0 Å². The molecule has 0 aliphatic heterocycles. The van der Waals surface area contributed by atoms with E-state index in [1.165, 1.54) is 0 Å². The maximum atomic E-state index is 10.8. The molecule has 0 bridgehead atoms. The monoisotopic (exact) mass is 197 g/mol. The van der Waals surface area contributed by atoms with E-state index in [1.807, 2.05) is 0 Å². The van der Waals surface area contributed by atoms with Crippen LogP contribution in [-0.2, 0) is 17.3 Å². The average molecular weight is 197 g/mol. The van der Waals surface area contributed by atoms with Crippen molar-refractivity contribution in [2.24, 2.45) is 12.8 Å². The Hall–Kier alpha value is -1.36. The highest BCUT2D eigenvalue weighted by Crippen LogP contribution is 2.24. The molecule has 0 spiro atoms. The largest absolute Gasteiger partial charge is 0.480 e. The van der Waals surface area contributed by atoms with Crippen LogP contribution in [0.5, 0.6) is 0 Å². The zero-order valence-corrected chi connectivity index (χ0v) is 8.56. The van der Waals surface area contributed by atoms with Crippen LogP contribution in [-0.4, -0.2) is 26.9 Å². The number of carbonyl (C=O) groups is 1. The van der Waals surface area contributed by atoms with E-state index in [1.54, 1.807) is 37.8 Å². The molecule has 0 aliphatic rings. The summed E-state index contributed by atoms with van der Waals surface area (Å²) >= 11 is 0. The summed E-state index contributed by atoms with van der Waals surface area (Å²) in [5, 5.41) is 13.0. The van der Waals surface area contributed by atoms with Crippen molar-refractivity contribution in [1.29, 1.82) is 0 Å². The highest BCUT2D eigenvalue weighted by Gasteiger charge is 2.35. The quantitative estimate of drug-likeness (QED) is 0.720. The van der Waals surface area contributed by atoms with Gasteiger partial charge in [-0.2, -0.15) is 5.10 Å². The Balaban J connectivity index is 3.01. The van der Waals surface area contributed by atoms with E-state index < -0.39 is 17.4 Å². The molecule has 3 N–H and O–H groups in total. The smallest absolute Gasteiger partial charge is 0.321 e. The number of rotatable bonds is 3. The van der Waals surface area contributed by atoms with Crippen molar-refractivity contribution in [2.75, 3.05) is 0 Å². The van der Waals surface area contributed by atoms with Crippen LogP contribution in [0.2, 0.25) is 0 Å². The first-order chi connectivity index (χ1) is 6.35. The van der Waals surface area contributed by atoms with Crippen molar-refractivity contribution in [3.8, 4) is 0 Å². The number of aryl methyl sites for hydroxylation is 1. The van der Waals surface area contributed by atoms with Crippen molar-refractivity contribution in [2.45, 2.75) is 25.3 Å². The van der Waals surface area contributed by atoms with Gasteiger partial charge in [-0.15, -0.1) is 0 Å². The van der Waals surface area contributed by atoms with Gasteiger partial charge in [-0.05, 0) is 6.07 Å². The second kappa shape index (κ2) is 3.42. The second-order valence-electron chi connectivity index (χ2n) is 3.91. The van der Waals surface area contributed by atoms with Crippen LogP contribution >= 0.6 is 0 Å². The number of aromatic nitrogens is 2. The third-order valence-electron chi connectivity index (χ3n) is 2.42. The lowest BCUT2D eigenvalue weighted by Gasteiger charge is -2.26. The highest BCUT2D eigenvalue weighted by molar-refractivity contribution is 5.75. The normalized spacial score (nSPS) is 14.0. The molecule has 14 heavy (non-hydrogen) atoms. The standard InChI is InChI=1S/C9H15N3O2/c1-9(2,7(10)8(13)14)6-4-5-12(3)11-6/h4-5,7H,10H2,1-3H3,(H,13,14). The van der Waals surface area contributed by atoms with Crippen LogP contribution in [0.3, 0.4) is 0 Å². The number of nitrogens with zero attached hydrogens (tertiary/aromatic N) is 2. The molecule has 1 rings (SSSR count). The van der Waals surface area contributed by atoms with Crippen molar-refractivity contribution < 1.29 is 9.90 Å². The Morgan fingerprint density at radius 1 is 1.71 bits per heavy atom. The molecule has 1 aromatic heterocycles. The Morgan fingerprint density at radius 2 is 2.29 bits per heavy atom. The van der Waals surface area contributed by atoms with Crippen LogP contribution in [0.4, 0.5) is 0 Å². The highest BCUT2D eigenvalue weighted by atomic mass is 16.4. The fourth-order valence-electron chi connectivity index (χ4n) is 1.23. The van der Waals surface area contributed by atoms with E-state index in [9.17, 15) is 4.79 Å². The van der Waals surface area contributed by atoms with Gasteiger partial charge >= 0.3 is 5.97 Å². The van der Waals surface area contributed by atoms with Gasteiger partial charge in [0.05, 0.1) is 5.69 Å². The van der Waals surface area contributed by atoms with Crippen LogP contribution in [0.25, 0.3) is 0 Å². The minimum absolute atomic E-state index is 0.660. The van der Waals surface area contributed by atoms with Crippen molar-refractivity contribution in [3.05, 3.63) is 18.0 Å². The third kappa shape index (κ3) is 1.77. The van der Waals surface area contributed by atoms with Gasteiger partial charge in [-0.25, -0.2) is 0 Å². The van der Waals surface area contributed by atoms with Crippen LogP contribution in [0.15, 0.2) is 12.3 Å². The van der Waals surface area contributed by atoms with Gasteiger partial charge in [0, 0.05) is 18.7 Å². The third-order valence-corrected chi connectivity index (χ3v) is 2.42. The van der Waals surface area contributed by atoms with Crippen LogP contribution in [0.1, 0.15) is 19.5 Å². The Labute approximate surface area is 82.5 Å². The molecule has 5 heteroatoms. The molecule has 0 aromatic carbocycles. The molecule has 0 fully saturated rings. The average Bonchev–Trinajstić information content (AvgIpc) is 2.50. The topological polar surface area (TPSA) is 81.1 Å². The Morgan fingerprint density at radius 3 is 2.64 bits per heavy atom. The summed E-state index contributed by atoms with van der Waals surface area (Å²) in [5.41, 5.74) is 5.62. The molecule has 0 saturated heterocycles. The fraction of sp³-hybridized carbons (Fsp3) is 0.556. The lowest BCUT2D eigenvalue weighted by molar-refractivity contribution is -0.140. The molecular weight excluding hydrogens is 182 g/mol. The van der Waals surface area contributed by atoms with Gasteiger partial charge in [0.15, 0.2) is 0 Å². The number of hydrogen-bond donors (Lipinski definition) is 2. The summed E-state index contributed by atoms with van der Waals surface area (Å²) in [4.78, 5) is 10.8. The number of carboxylic acid groups (broad SMARTS) is 1. The van der Waals surface area contributed by atoms with Gasteiger partial charge in [-0.3, -0.25) is 9.48 Å². The van der Waals surface area contributed by atoms with Crippen molar-refractivity contribution in [1.82, 2.24) is 9.78 Å². The maximum absolute atomic E-state index is 10.8. The first-order valence-electron chi connectivity index (χ1n) is 4.34. The number of nitrogens with two attached hydrogens (primary N) is 1. The molecule has 5 nitrogen and oxygen atoms in total. The molecule has 1 atom stereocenters. The summed E-state index contributed by atoms with van der Waals surface area (Å²) in [6.45, 7) is 3.54. The Kier molecular flexibility index (Phi) is 2.62. The van der Waals surface area contributed by atoms with E-state index >= 15 is 0 Å². The zero-order valence-electron chi connectivity index (χ0n) is 8.56. The minimum atomic E-state index is -1.01. The van der Waals surface area contributed by atoms with Crippen LogP contribution < -0.4 is 5.73 Å². The predicted molar refractivity (Wildman–Crippen MR) is 51.8 cm³/mol. The molecule has 1 heterocycles. The number of hydrogen-bond acceptors (Lipinski definition) is 3. The Bertz CT molecular complexity index is 344. The molecule has 0 amide bonds. The molecule has 0 radical (unpaired) electrons. The molecule has 78 valence electrons. The van der Waals surface area contributed by atoms with Gasteiger partial charge in [0.1, 0.15) is 6.04 Å². The molecule has 0 aliphatic carbocycles. The van der Waals surface area contributed by atoms with Gasteiger partial charge in [0.2, 0.25) is 0 Å². The molecular formula is C9H15N3O2. The fourth-order valence-corrected chi connectivity index (χ4v) is 1.23. The lowest BCUT2D eigenvalue weighted by atomic mass is 9.82. The van der Waals surface area contributed by atoms with Gasteiger partial charge in [-0.1, -0.05) is 13.8 Å². The molecule has 1 unspecified atom stereocenters. The SMILES string of the molecule is Cn1ccc(C(C)(C)C(N)C(=O)O)n1. The molecule has 0 saturated carbocycles. The molecule has 1 aromatic rings. The van der Waals surface area contributed by atoms with Gasteiger partial charge in [0.25, 0.3) is 0 Å². The number of aliphatic carboxylic acids is 1. The van der Waals surface area contributed by atoms with Gasteiger partial charge < -0.3 is 10.8 Å².